The predicted octanol–water partition coefficient (Wildman–Crippen LogP) is 2.13. The average molecular weight is 401 g/mol. The molecule has 3 aromatic rings. The zero-order valence-corrected chi connectivity index (χ0v) is 16.3. The molecule has 0 spiro atoms. The van der Waals surface area contributed by atoms with Gasteiger partial charge in [0.2, 0.25) is 5.95 Å². The fraction of sp³-hybridized carbons (Fsp3) is 0.389. The zero-order valence-electron chi connectivity index (χ0n) is 15.5. The number of hydrogen-bond donors (Lipinski definition) is 2. The van der Waals surface area contributed by atoms with Gasteiger partial charge in [0.1, 0.15) is 10.5 Å². The fourth-order valence-corrected chi connectivity index (χ4v) is 3.95. The normalized spacial score (nSPS) is 15.5. The van der Waals surface area contributed by atoms with Crippen LogP contribution in [0.1, 0.15) is 34.0 Å². The first-order valence-corrected chi connectivity index (χ1v) is 9.77. The molecule has 28 heavy (non-hydrogen) atoms. The van der Waals surface area contributed by atoms with Crippen LogP contribution in [0, 0.1) is 18.7 Å². The van der Waals surface area contributed by atoms with Gasteiger partial charge in [0.05, 0.1) is 17.2 Å². The second-order valence-electron chi connectivity index (χ2n) is 6.90. The first kappa shape index (κ1) is 18.6. The molecular weight excluding hydrogens is 381 g/mol. The van der Waals surface area contributed by atoms with Gasteiger partial charge in [0.15, 0.2) is 11.3 Å². The molecule has 10 heteroatoms. The van der Waals surface area contributed by atoms with Crippen molar-refractivity contribution in [2.75, 3.05) is 25.0 Å². The van der Waals surface area contributed by atoms with Crippen LogP contribution in [0.25, 0.3) is 10.3 Å². The molecule has 0 bridgehead atoms. The van der Waals surface area contributed by atoms with Gasteiger partial charge in [0.25, 0.3) is 5.91 Å². The highest BCUT2D eigenvalue weighted by atomic mass is 32.1. The summed E-state index contributed by atoms with van der Waals surface area (Å²) in [4.78, 5) is 31.9. The van der Waals surface area contributed by atoms with Crippen LogP contribution < -0.4 is 11.1 Å². The minimum absolute atomic E-state index is 0.149. The number of amides is 1. The largest absolute Gasteiger partial charge is 0.348 e. The summed E-state index contributed by atoms with van der Waals surface area (Å²) in [5, 5.41) is 3.93. The Hall–Kier alpha value is -2.72. The highest BCUT2D eigenvalue weighted by Gasteiger charge is 2.32. The molecule has 1 atom stereocenters. The summed E-state index contributed by atoms with van der Waals surface area (Å²) in [5.74, 6) is 0.0426. The van der Waals surface area contributed by atoms with Crippen LogP contribution in [-0.2, 0) is 0 Å². The molecule has 1 aliphatic heterocycles. The van der Waals surface area contributed by atoms with E-state index in [1.54, 1.807) is 11.1 Å². The molecule has 1 amide bonds. The van der Waals surface area contributed by atoms with Crippen LogP contribution in [0.15, 0.2) is 18.5 Å². The van der Waals surface area contributed by atoms with Gasteiger partial charge >= 0.3 is 0 Å². The maximum absolute atomic E-state index is 13.5. The molecular formula is C18H20FN7OS. The number of pyridine rings is 1. The van der Waals surface area contributed by atoms with Crippen molar-refractivity contribution in [2.45, 2.75) is 19.9 Å². The van der Waals surface area contributed by atoms with E-state index in [1.165, 1.54) is 17.4 Å². The Morgan fingerprint density at radius 1 is 1.39 bits per heavy atom. The standard InChI is InChI=1S/C18H20FN7OS/c1-9(12-3-13(19)6-21-5-12)22-18-24-14(15-16(25-18)23-10(2)28-15)17(27)26-7-11(4-20)8-26/h3,5-6,9,11H,4,7-8,20H2,1-2H3,(H,22,24,25). The number of nitrogens with two attached hydrogens (primary N) is 1. The molecule has 1 unspecified atom stereocenters. The van der Waals surface area contributed by atoms with Gasteiger partial charge in [-0.3, -0.25) is 9.78 Å². The zero-order chi connectivity index (χ0) is 19.8. The monoisotopic (exact) mass is 401 g/mol. The highest BCUT2D eigenvalue weighted by molar-refractivity contribution is 7.18. The summed E-state index contributed by atoms with van der Waals surface area (Å²) < 4.78 is 14.1. The Labute approximate surface area is 165 Å². The number of thiazole rings is 1. The lowest BCUT2D eigenvalue weighted by molar-refractivity contribution is 0.0512. The lowest BCUT2D eigenvalue weighted by atomic mass is 10.00. The van der Waals surface area contributed by atoms with E-state index in [-0.39, 0.29) is 17.9 Å². The number of rotatable bonds is 5. The topological polar surface area (TPSA) is 110 Å². The van der Waals surface area contributed by atoms with E-state index in [9.17, 15) is 9.18 Å². The van der Waals surface area contributed by atoms with Gasteiger partial charge in [-0.25, -0.2) is 14.4 Å². The molecule has 0 saturated carbocycles. The van der Waals surface area contributed by atoms with E-state index >= 15 is 0 Å². The number of likely N-dealkylation sites (tertiary alicyclic amines) is 1. The summed E-state index contributed by atoms with van der Waals surface area (Å²) >= 11 is 1.40. The van der Waals surface area contributed by atoms with Crippen LogP contribution in [0.2, 0.25) is 0 Å². The van der Waals surface area contributed by atoms with Crippen molar-refractivity contribution >= 4 is 33.5 Å². The van der Waals surface area contributed by atoms with Crippen LogP contribution in [0.3, 0.4) is 0 Å². The van der Waals surface area contributed by atoms with Crippen LogP contribution in [-0.4, -0.2) is 50.4 Å². The van der Waals surface area contributed by atoms with Gasteiger partial charge < -0.3 is 16.0 Å². The van der Waals surface area contributed by atoms with E-state index < -0.39 is 5.82 Å². The summed E-state index contributed by atoms with van der Waals surface area (Å²) in [7, 11) is 0. The minimum Gasteiger partial charge on any atom is -0.348 e. The average Bonchev–Trinajstić information content (AvgIpc) is 3.00. The van der Waals surface area contributed by atoms with Gasteiger partial charge in [-0.15, -0.1) is 11.3 Å². The van der Waals surface area contributed by atoms with Gasteiger partial charge in [-0.1, -0.05) is 0 Å². The van der Waals surface area contributed by atoms with Crippen LogP contribution in [0.4, 0.5) is 10.3 Å². The number of aryl methyl sites for hydroxylation is 1. The Morgan fingerprint density at radius 2 is 2.18 bits per heavy atom. The van der Waals surface area contributed by atoms with Crippen LogP contribution in [0.5, 0.6) is 0 Å². The smallest absolute Gasteiger partial charge is 0.274 e. The molecule has 3 aromatic heterocycles. The van der Waals surface area contributed by atoms with Gasteiger partial charge in [-0.05, 0) is 32.0 Å². The molecule has 4 heterocycles. The fourth-order valence-electron chi connectivity index (χ4n) is 3.11. The SMILES string of the molecule is Cc1nc2nc(NC(C)c3cncc(F)c3)nc(C(=O)N3CC(CN)C3)c2s1. The first-order chi connectivity index (χ1) is 13.4. The van der Waals surface area contributed by atoms with Crippen molar-refractivity contribution in [3.8, 4) is 0 Å². The Morgan fingerprint density at radius 3 is 2.89 bits per heavy atom. The predicted molar refractivity (Wildman–Crippen MR) is 105 cm³/mol. The molecule has 8 nitrogen and oxygen atoms in total. The van der Waals surface area contributed by atoms with Crippen LogP contribution >= 0.6 is 11.3 Å². The van der Waals surface area contributed by atoms with E-state index in [1.807, 2.05) is 13.8 Å². The molecule has 146 valence electrons. The first-order valence-electron chi connectivity index (χ1n) is 8.96. The number of nitrogens with one attached hydrogen (secondary N) is 1. The third-order valence-electron chi connectivity index (χ3n) is 4.71. The number of anilines is 1. The van der Waals surface area contributed by atoms with Crippen molar-refractivity contribution in [3.63, 3.8) is 0 Å². The molecule has 3 N–H and O–H groups in total. The molecule has 4 rings (SSSR count). The van der Waals surface area contributed by atoms with E-state index in [0.29, 0.717) is 47.2 Å². The third kappa shape index (κ3) is 3.52. The Balaban J connectivity index is 1.65. The molecule has 0 radical (unpaired) electrons. The van der Waals surface area contributed by atoms with E-state index in [2.05, 4.69) is 25.3 Å². The summed E-state index contributed by atoms with van der Waals surface area (Å²) in [6, 6.07) is 1.10. The molecule has 1 aliphatic rings. The third-order valence-corrected chi connectivity index (χ3v) is 5.68. The second-order valence-corrected chi connectivity index (χ2v) is 8.10. The second kappa shape index (κ2) is 7.36. The quantitative estimate of drug-likeness (QED) is 0.674. The van der Waals surface area contributed by atoms with E-state index in [4.69, 9.17) is 5.73 Å². The van der Waals surface area contributed by atoms with Crippen molar-refractivity contribution < 1.29 is 9.18 Å². The lowest BCUT2D eigenvalue weighted by Gasteiger charge is -2.38. The number of hydrogen-bond acceptors (Lipinski definition) is 8. The maximum atomic E-state index is 13.5. The van der Waals surface area contributed by atoms with Crippen molar-refractivity contribution in [1.29, 1.82) is 0 Å². The van der Waals surface area contributed by atoms with Crippen molar-refractivity contribution in [1.82, 2.24) is 24.8 Å². The van der Waals surface area contributed by atoms with Crippen molar-refractivity contribution in [2.24, 2.45) is 11.7 Å². The number of aromatic nitrogens is 4. The molecule has 1 saturated heterocycles. The maximum Gasteiger partial charge on any atom is 0.274 e. The number of halogens is 1. The van der Waals surface area contributed by atoms with Gasteiger partial charge in [0, 0.05) is 25.2 Å². The number of carbonyl (C=O) groups is 1. The minimum atomic E-state index is -0.416. The number of nitrogens with zero attached hydrogens (tertiary/aromatic N) is 5. The molecule has 0 aliphatic carbocycles. The molecule has 0 aromatic carbocycles. The summed E-state index contributed by atoms with van der Waals surface area (Å²) in [5.41, 5.74) is 7.12. The Kier molecular flexibility index (Phi) is 4.90. The highest BCUT2D eigenvalue weighted by Crippen LogP contribution is 2.28. The van der Waals surface area contributed by atoms with E-state index in [0.717, 1.165) is 11.2 Å². The summed E-state index contributed by atoms with van der Waals surface area (Å²) in [6.07, 6.45) is 2.72. The number of carbonyl (C=O) groups excluding carboxylic acids is 1. The molecule has 1 fully saturated rings. The van der Waals surface area contributed by atoms with Crippen molar-refractivity contribution in [3.05, 3.63) is 40.5 Å². The number of fused-ring (bicyclic) bond motifs is 1. The summed E-state index contributed by atoms with van der Waals surface area (Å²) in [6.45, 7) is 5.54. The lowest BCUT2D eigenvalue weighted by Crippen LogP contribution is -2.52. The Bertz CT molecular complexity index is 1030. The van der Waals surface area contributed by atoms with Gasteiger partial charge in [-0.2, -0.15) is 4.98 Å².